The molecule has 0 spiro atoms. The molecule has 19 heavy (non-hydrogen) atoms. The first kappa shape index (κ1) is 15.5. The summed E-state index contributed by atoms with van der Waals surface area (Å²) in [7, 11) is -3.75. The van der Waals surface area contributed by atoms with E-state index in [2.05, 4.69) is 4.72 Å². The number of nitro groups is 1. The highest BCUT2D eigenvalue weighted by Crippen LogP contribution is 2.17. The lowest BCUT2D eigenvalue weighted by molar-refractivity contribution is -0.385. The van der Waals surface area contributed by atoms with Crippen molar-refractivity contribution in [2.24, 2.45) is 0 Å². The van der Waals surface area contributed by atoms with Crippen LogP contribution in [0.15, 0.2) is 29.2 Å². The zero-order chi connectivity index (χ0) is 14.5. The van der Waals surface area contributed by atoms with Gasteiger partial charge in [-0.2, -0.15) is 0 Å². The zero-order valence-electron chi connectivity index (χ0n) is 10.4. The van der Waals surface area contributed by atoms with Gasteiger partial charge in [-0.25, -0.2) is 13.1 Å². The molecule has 1 aromatic rings. The molecule has 106 valence electrons. The van der Waals surface area contributed by atoms with E-state index in [4.69, 9.17) is 5.11 Å². The molecule has 7 nitrogen and oxygen atoms in total. The lowest BCUT2D eigenvalue weighted by atomic mass is 10.2. The van der Waals surface area contributed by atoms with Gasteiger partial charge in [-0.15, -0.1) is 0 Å². The van der Waals surface area contributed by atoms with Gasteiger partial charge in [0, 0.05) is 18.7 Å². The zero-order valence-corrected chi connectivity index (χ0v) is 11.3. The molecule has 1 atom stereocenters. The Bertz CT molecular complexity index is 542. The van der Waals surface area contributed by atoms with Crippen LogP contribution in [-0.4, -0.2) is 31.1 Å². The maximum Gasteiger partial charge on any atom is 0.270 e. The van der Waals surface area contributed by atoms with Crippen LogP contribution in [0.3, 0.4) is 0 Å². The topological polar surface area (TPSA) is 110 Å². The van der Waals surface area contributed by atoms with Crippen molar-refractivity contribution in [2.45, 2.75) is 30.8 Å². The summed E-state index contributed by atoms with van der Waals surface area (Å²) >= 11 is 0. The SMILES string of the molecule is CC(O)CCCNS(=O)(=O)c1cccc([N+](=O)[O-])c1. The van der Waals surface area contributed by atoms with E-state index < -0.39 is 21.1 Å². The molecule has 0 saturated heterocycles. The molecule has 0 heterocycles. The standard InChI is InChI=1S/C11H16N2O5S/c1-9(14)4-3-7-12-19(17,18)11-6-2-5-10(8-11)13(15)16/h2,5-6,8-9,12,14H,3-4,7H2,1H3. The van der Waals surface area contributed by atoms with Gasteiger partial charge in [-0.3, -0.25) is 10.1 Å². The fraction of sp³-hybridized carbons (Fsp3) is 0.455. The molecule has 0 radical (unpaired) electrons. The third kappa shape index (κ3) is 4.93. The quantitative estimate of drug-likeness (QED) is 0.442. The minimum atomic E-state index is -3.75. The molecule has 0 fully saturated rings. The van der Waals surface area contributed by atoms with E-state index in [-0.39, 0.29) is 17.1 Å². The fourth-order valence-corrected chi connectivity index (χ4v) is 2.56. The van der Waals surface area contributed by atoms with Crippen molar-refractivity contribution in [1.82, 2.24) is 4.72 Å². The summed E-state index contributed by atoms with van der Waals surface area (Å²) in [6.07, 6.45) is 0.492. The summed E-state index contributed by atoms with van der Waals surface area (Å²) in [4.78, 5) is 9.79. The minimum Gasteiger partial charge on any atom is -0.393 e. The lowest BCUT2D eigenvalue weighted by Gasteiger charge is -2.07. The highest BCUT2D eigenvalue weighted by molar-refractivity contribution is 7.89. The number of rotatable bonds is 7. The van der Waals surface area contributed by atoms with E-state index in [9.17, 15) is 18.5 Å². The van der Waals surface area contributed by atoms with Gasteiger partial charge in [0.1, 0.15) is 0 Å². The van der Waals surface area contributed by atoms with Crippen LogP contribution < -0.4 is 4.72 Å². The summed E-state index contributed by atoms with van der Waals surface area (Å²) in [6, 6.07) is 4.86. The van der Waals surface area contributed by atoms with Crippen LogP contribution in [0, 0.1) is 10.1 Å². The summed E-state index contributed by atoms with van der Waals surface area (Å²) < 4.78 is 26.0. The number of benzene rings is 1. The second kappa shape index (κ2) is 6.60. The Hall–Kier alpha value is -1.51. The normalized spacial score (nSPS) is 13.2. The summed E-state index contributed by atoms with van der Waals surface area (Å²) in [5.41, 5.74) is -0.271. The van der Waals surface area contributed by atoms with Crippen LogP contribution in [0.1, 0.15) is 19.8 Å². The maximum absolute atomic E-state index is 11.9. The molecule has 0 aliphatic rings. The van der Waals surface area contributed by atoms with Gasteiger partial charge in [0.25, 0.3) is 5.69 Å². The number of nitrogens with zero attached hydrogens (tertiary/aromatic N) is 1. The van der Waals surface area contributed by atoms with Crippen molar-refractivity contribution in [1.29, 1.82) is 0 Å². The predicted molar refractivity (Wildman–Crippen MR) is 69.2 cm³/mol. The molecule has 0 aromatic heterocycles. The van der Waals surface area contributed by atoms with E-state index in [1.807, 2.05) is 0 Å². The van der Waals surface area contributed by atoms with Gasteiger partial charge in [0.05, 0.1) is 15.9 Å². The third-order valence-electron chi connectivity index (χ3n) is 2.43. The molecule has 0 aliphatic heterocycles. The lowest BCUT2D eigenvalue weighted by Crippen LogP contribution is -2.25. The average molecular weight is 288 g/mol. The number of nitrogens with one attached hydrogen (secondary N) is 1. The molecule has 8 heteroatoms. The van der Waals surface area contributed by atoms with Crippen LogP contribution in [0.4, 0.5) is 5.69 Å². The smallest absolute Gasteiger partial charge is 0.270 e. The summed E-state index contributed by atoms with van der Waals surface area (Å²) in [5, 5.41) is 19.6. The van der Waals surface area contributed by atoms with Crippen molar-refractivity contribution >= 4 is 15.7 Å². The van der Waals surface area contributed by atoms with E-state index in [0.29, 0.717) is 12.8 Å². The molecule has 1 unspecified atom stereocenters. The highest BCUT2D eigenvalue weighted by Gasteiger charge is 2.16. The Morgan fingerprint density at radius 2 is 2.16 bits per heavy atom. The first-order chi connectivity index (χ1) is 8.83. The van der Waals surface area contributed by atoms with Crippen molar-refractivity contribution in [3.8, 4) is 0 Å². The number of hydrogen-bond donors (Lipinski definition) is 2. The minimum absolute atomic E-state index is 0.140. The fourth-order valence-electron chi connectivity index (χ4n) is 1.45. The van der Waals surface area contributed by atoms with Gasteiger partial charge in [-0.1, -0.05) is 6.07 Å². The Morgan fingerprint density at radius 1 is 1.47 bits per heavy atom. The predicted octanol–water partition coefficient (Wildman–Crippen LogP) is 1.03. The van der Waals surface area contributed by atoms with Gasteiger partial charge < -0.3 is 5.11 Å². The number of sulfonamides is 1. The van der Waals surface area contributed by atoms with Crippen molar-refractivity contribution in [3.63, 3.8) is 0 Å². The van der Waals surface area contributed by atoms with Gasteiger partial charge >= 0.3 is 0 Å². The van der Waals surface area contributed by atoms with Crippen LogP contribution in [0.25, 0.3) is 0 Å². The number of nitro benzene ring substituents is 1. The van der Waals surface area contributed by atoms with Gasteiger partial charge in [-0.05, 0) is 25.8 Å². The number of aliphatic hydroxyl groups excluding tert-OH is 1. The Morgan fingerprint density at radius 3 is 2.74 bits per heavy atom. The van der Waals surface area contributed by atoms with Crippen LogP contribution in [-0.2, 0) is 10.0 Å². The Kier molecular flexibility index (Phi) is 5.40. The highest BCUT2D eigenvalue weighted by atomic mass is 32.2. The van der Waals surface area contributed by atoms with Crippen molar-refractivity contribution < 1.29 is 18.4 Å². The summed E-state index contributed by atoms with van der Waals surface area (Å²) in [5.74, 6) is 0. The molecular formula is C11H16N2O5S. The number of aliphatic hydroxyl groups is 1. The largest absolute Gasteiger partial charge is 0.393 e. The van der Waals surface area contributed by atoms with E-state index in [0.717, 1.165) is 6.07 Å². The molecule has 0 saturated carbocycles. The third-order valence-corrected chi connectivity index (χ3v) is 3.89. The second-order valence-electron chi connectivity index (χ2n) is 4.14. The monoisotopic (exact) mass is 288 g/mol. The number of hydrogen-bond acceptors (Lipinski definition) is 5. The molecule has 0 amide bonds. The average Bonchev–Trinajstić information content (AvgIpc) is 2.34. The molecule has 0 bridgehead atoms. The first-order valence-electron chi connectivity index (χ1n) is 5.75. The van der Waals surface area contributed by atoms with E-state index in [1.165, 1.54) is 18.2 Å². The Labute approximate surface area is 111 Å². The summed E-state index contributed by atoms with van der Waals surface area (Å²) in [6.45, 7) is 1.80. The second-order valence-corrected chi connectivity index (χ2v) is 5.91. The first-order valence-corrected chi connectivity index (χ1v) is 7.23. The molecule has 2 N–H and O–H groups in total. The molecule has 1 rings (SSSR count). The van der Waals surface area contributed by atoms with Crippen LogP contribution >= 0.6 is 0 Å². The Balaban J connectivity index is 2.72. The molecule has 1 aromatic carbocycles. The van der Waals surface area contributed by atoms with Crippen LogP contribution in [0.2, 0.25) is 0 Å². The molecular weight excluding hydrogens is 272 g/mol. The van der Waals surface area contributed by atoms with Crippen LogP contribution in [0.5, 0.6) is 0 Å². The molecule has 0 aliphatic carbocycles. The van der Waals surface area contributed by atoms with E-state index in [1.54, 1.807) is 6.92 Å². The van der Waals surface area contributed by atoms with Gasteiger partial charge in [0.15, 0.2) is 0 Å². The number of non-ortho nitro benzene ring substituents is 1. The van der Waals surface area contributed by atoms with Gasteiger partial charge in [0.2, 0.25) is 10.0 Å². The maximum atomic E-state index is 11.9. The van der Waals surface area contributed by atoms with E-state index >= 15 is 0 Å². The van der Waals surface area contributed by atoms with Crippen molar-refractivity contribution in [3.05, 3.63) is 34.4 Å². The van der Waals surface area contributed by atoms with Crippen molar-refractivity contribution in [2.75, 3.05) is 6.54 Å².